The van der Waals surface area contributed by atoms with Crippen LogP contribution < -0.4 is 10.2 Å². The van der Waals surface area contributed by atoms with Crippen LogP contribution >= 0.6 is 23.6 Å². The van der Waals surface area contributed by atoms with Gasteiger partial charge in [0.25, 0.3) is 0 Å². The molecule has 44 heavy (non-hydrogen) atoms. The third-order valence-corrected chi connectivity index (χ3v) is 7.09. The Labute approximate surface area is 257 Å². The molecule has 4 aromatic rings. The van der Waals surface area contributed by atoms with Crippen molar-refractivity contribution >= 4 is 34.6 Å². The predicted octanol–water partition coefficient (Wildman–Crippen LogP) is 9.52. The van der Waals surface area contributed by atoms with Crippen molar-refractivity contribution in [1.82, 2.24) is 15.0 Å². The molecule has 7 nitrogen and oxygen atoms in total. The lowest BCUT2D eigenvalue weighted by atomic mass is 10.0. The summed E-state index contributed by atoms with van der Waals surface area (Å²) in [7, 11) is 0. The molecule has 0 bridgehead atoms. The van der Waals surface area contributed by atoms with Crippen LogP contribution in [0.2, 0.25) is 5.15 Å². The summed E-state index contributed by atoms with van der Waals surface area (Å²) in [6.07, 6.45) is 1.56. The molecular weight excluding hydrogens is 629 g/mol. The topological polar surface area (TPSA) is 87.3 Å². The summed E-state index contributed by atoms with van der Waals surface area (Å²) >= 11 is 6.16. The number of pyridine rings is 1. The van der Waals surface area contributed by atoms with Crippen molar-refractivity contribution in [2.75, 3.05) is 0 Å². The Balaban J connectivity index is 1.75. The smallest absolute Gasteiger partial charge is 0.214 e. The van der Waals surface area contributed by atoms with Crippen molar-refractivity contribution in [2.24, 2.45) is 0 Å². The average molecular weight is 652 g/mol. The number of hydrogen-bond acceptors (Lipinski definition) is 8. The molecule has 1 unspecified atom stereocenters. The normalized spacial score (nSPS) is 13.8. The van der Waals surface area contributed by atoms with Gasteiger partial charge >= 0.3 is 0 Å². The van der Waals surface area contributed by atoms with Gasteiger partial charge in [-0.1, -0.05) is 11.6 Å². The number of benzene rings is 1. The van der Waals surface area contributed by atoms with E-state index in [2.05, 4.69) is 15.0 Å². The standard InChI is InChI=1S/C30H23ClF5N3O4S/c1-13-8-19(28-20(9-13)26(40)14(2)27(42-28)18-11-37-17(5)38-12-18)16(4)41-22-6-7-23(31)39-30(22)44-43-29(21(34)10-32)25(36)24(35)15(3)33/h6-12,16H,1-5H3/b21-10-,24-15-,29-25-. The van der Waals surface area contributed by atoms with Gasteiger partial charge in [-0.15, -0.1) is 0 Å². The second kappa shape index (κ2) is 13.6. The number of aromatic nitrogens is 3. The maximum atomic E-state index is 14.4. The zero-order valence-electron chi connectivity index (χ0n) is 23.8. The van der Waals surface area contributed by atoms with Gasteiger partial charge in [0, 0.05) is 23.5 Å². The van der Waals surface area contributed by atoms with Gasteiger partial charge in [0.05, 0.1) is 10.9 Å². The van der Waals surface area contributed by atoms with Crippen molar-refractivity contribution < 1.29 is 35.3 Å². The predicted molar refractivity (Wildman–Crippen MR) is 156 cm³/mol. The minimum Gasteiger partial charge on any atom is -0.483 e. The van der Waals surface area contributed by atoms with Gasteiger partial charge in [-0.3, -0.25) is 4.79 Å². The molecule has 1 atom stereocenters. The summed E-state index contributed by atoms with van der Waals surface area (Å²) < 4.78 is 85.6. The molecule has 230 valence electrons. The molecule has 0 fully saturated rings. The van der Waals surface area contributed by atoms with Crippen molar-refractivity contribution in [3.05, 3.63) is 110 Å². The Kier molecular flexibility index (Phi) is 10.1. The fourth-order valence-electron chi connectivity index (χ4n) is 4.03. The van der Waals surface area contributed by atoms with E-state index < -0.39 is 41.5 Å². The summed E-state index contributed by atoms with van der Waals surface area (Å²) in [6, 6.07) is 6.16. The molecular formula is C30H23ClF5N3O4S. The Morgan fingerprint density at radius 2 is 1.75 bits per heavy atom. The highest BCUT2D eigenvalue weighted by Crippen LogP contribution is 2.39. The lowest BCUT2D eigenvalue weighted by molar-refractivity contribution is 0.219. The van der Waals surface area contributed by atoms with E-state index in [9.17, 15) is 26.7 Å². The van der Waals surface area contributed by atoms with Crippen molar-refractivity contribution in [3.63, 3.8) is 0 Å². The molecule has 0 amide bonds. The first-order chi connectivity index (χ1) is 20.8. The maximum absolute atomic E-state index is 14.4. The highest BCUT2D eigenvalue weighted by Gasteiger charge is 2.25. The lowest BCUT2D eigenvalue weighted by Crippen LogP contribution is -2.12. The first-order valence-corrected chi connectivity index (χ1v) is 13.9. The van der Waals surface area contributed by atoms with E-state index in [1.807, 2.05) is 0 Å². The summed E-state index contributed by atoms with van der Waals surface area (Å²) in [6.45, 7) is 7.37. The molecule has 4 rings (SSSR count). The number of rotatable bonds is 9. The summed E-state index contributed by atoms with van der Waals surface area (Å²) in [5.74, 6) is -8.55. The quantitative estimate of drug-likeness (QED) is 0.0581. The first-order valence-electron chi connectivity index (χ1n) is 12.7. The van der Waals surface area contributed by atoms with Crippen LogP contribution in [0.25, 0.3) is 22.3 Å². The lowest BCUT2D eigenvalue weighted by Gasteiger charge is -2.19. The highest BCUT2D eigenvalue weighted by atomic mass is 35.5. The SMILES string of the molecule is C\C(F)=C(F)/C(F)=C(OSc1nc(Cl)ccc1OC(C)c1cc(C)cc2c(=O)c(C)c(-c3cnc(C)nc3)oc12)\C(F)=C\F. The molecule has 3 heterocycles. The Bertz CT molecular complexity index is 1890. The fraction of sp³-hybridized carbons (Fsp3) is 0.200. The molecule has 0 spiro atoms. The Morgan fingerprint density at radius 3 is 2.39 bits per heavy atom. The van der Waals surface area contributed by atoms with Gasteiger partial charge < -0.3 is 13.3 Å². The fourth-order valence-corrected chi connectivity index (χ4v) is 4.87. The molecule has 0 aliphatic rings. The number of hydrogen-bond donors (Lipinski definition) is 0. The molecule has 14 heteroatoms. The van der Waals surface area contributed by atoms with Crippen molar-refractivity contribution in [1.29, 1.82) is 0 Å². The van der Waals surface area contributed by atoms with Crippen LogP contribution in [0.3, 0.4) is 0 Å². The second-order valence-corrected chi connectivity index (χ2v) is 10.6. The number of fused-ring (bicyclic) bond motifs is 1. The molecule has 0 aliphatic carbocycles. The summed E-state index contributed by atoms with van der Waals surface area (Å²) in [4.78, 5) is 25.8. The maximum Gasteiger partial charge on any atom is 0.214 e. The van der Waals surface area contributed by atoms with E-state index in [1.165, 1.54) is 12.1 Å². The number of aryl methyl sites for hydroxylation is 2. The van der Waals surface area contributed by atoms with Gasteiger partial charge in [-0.2, -0.15) is 4.39 Å². The first kappa shape index (κ1) is 32.7. The minimum absolute atomic E-state index is 0.0229. The van der Waals surface area contributed by atoms with Gasteiger partial charge in [0.2, 0.25) is 11.6 Å². The molecule has 3 aromatic heterocycles. The molecule has 0 saturated heterocycles. The van der Waals surface area contributed by atoms with Crippen LogP contribution in [0.1, 0.15) is 42.5 Å². The summed E-state index contributed by atoms with van der Waals surface area (Å²) in [5.41, 5.74) is 1.99. The van der Waals surface area contributed by atoms with E-state index in [4.69, 9.17) is 24.9 Å². The average Bonchev–Trinajstić information content (AvgIpc) is 2.99. The van der Waals surface area contributed by atoms with E-state index in [-0.39, 0.29) is 44.7 Å². The molecule has 1 aromatic carbocycles. The highest BCUT2D eigenvalue weighted by molar-refractivity contribution is 7.94. The van der Waals surface area contributed by atoms with Crippen LogP contribution in [-0.2, 0) is 4.18 Å². The largest absolute Gasteiger partial charge is 0.483 e. The molecule has 0 saturated carbocycles. The third kappa shape index (κ3) is 6.94. The van der Waals surface area contributed by atoms with Crippen molar-refractivity contribution in [3.8, 4) is 17.1 Å². The van der Waals surface area contributed by atoms with Crippen molar-refractivity contribution in [2.45, 2.75) is 45.7 Å². The number of ether oxygens (including phenoxy) is 1. The van der Waals surface area contributed by atoms with Crippen LogP contribution in [-0.4, -0.2) is 15.0 Å². The van der Waals surface area contributed by atoms with Gasteiger partial charge in [0.15, 0.2) is 27.9 Å². The number of nitrogens with zero attached hydrogens (tertiary/aromatic N) is 3. The molecule has 0 N–H and O–H groups in total. The Hall–Kier alpha value is -4.23. The zero-order valence-corrected chi connectivity index (χ0v) is 25.3. The zero-order chi connectivity index (χ0) is 32.3. The number of halogens is 6. The third-order valence-electron chi connectivity index (χ3n) is 6.18. The summed E-state index contributed by atoms with van der Waals surface area (Å²) in [5, 5.41) is 0.0185. The van der Waals surface area contributed by atoms with Gasteiger partial charge in [-0.25, -0.2) is 32.5 Å². The van der Waals surface area contributed by atoms with Crippen LogP contribution in [0.4, 0.5) is 22.0 Å². The van der Waals surface area contributed by atoms with Gasteiger partial charge in [-0.05, 0) is 64.4 Å². The van der Waals surface area contributed by atoms with Crippen LogP contribution in [0.15, 0.2) is 86.3 Å². The van der Waals surface area contributed by atoms with E-state index in [1.54, 1.807) is 52.2 Å². The molecule has 0 radical (unpaired) electrons. The Morgan fingerprint density at radius 1 is 1.07 bits per heavy atom. The minimum atomic E-state index is -2.12. The van der Waals surface area contributed by atoms with Crippen LogP contribution in [0.5, 0.6) is 5.75 Å². The van der Waals surface area contributed by atoms with E-state index >= 15 is 0 Å². The molecule has 0 aliphatic heterocycles. The second-order valence-electron chi connectivity index (χ2n) is 9.45. The van der Waals surface area contributed by atoms with E-state index in [0.717, 1.165) is 5.56 Å². The van der Waals surface area contributed by atoms with Gasteiger partial charge in [0.1, 0.15) is 52.6 Å². The van der Waals surface area contributed by atoms with Crippen LogP contribution in [0, 0.1) is 20.8 Å². The monoisotopic (exact) mass is 651 g/mol. The number of allylic oxidation sites excluding steroid dienone is 4. The van der Waals surface area contributed by atoms with E-state index in [0.29, 0.717) is 34.8 Å².